The molecule has 1 aromatic heterocycles. The number of amides is 1. The largest absolute Gasteiger partial charge is 0.341 e. The van der Waals surface area contributed by atoms with Crippen molar-refractivity contribution in [2.24, 2.45) is 5.73 Å². The fourth-order valence-electron chi connectivity index (χ4n) is 1.29. The topological polar surface area (TPSA) is 46.3 Å². The van der Waals surface area contributed by atoms with Gasteiger partial charge >= 0.3 is 0 Å². The molecule has 86 valence electrons. The van der Waals surface area contributed by atoms with Crippen molar-refractivity contribution in [2.45, 2.75) is 19.9 Å². The molecule has 0 saturated heterocycles. The van der Waals surface area contributed by atoms with Crippen LogP contribution in [0.4, 0.5) is 0 Å². The fourth-order valence-corrected chi connectivity index (χ4v) is 2.07. The van der Waals surface area contributed by atoms with Crippen LogP contribution in [0.2, 0.25) is 0 Å². The third-order valence-corrected chi connectivity index (χ3v) is 3.01. The summed E-state index contributed by atoms with van der Waals surface area (Å²) in [5.41, 5.74) is 6.42. The van der Waals surface area contributed by atoms with Crippen molar-refractivity contribution in [1.82, 2.24) is 4.90 Å². The highest BCUT2D eigenvalue weighted by molar-refractivity contribution is 7.10. The van der Waals surface area contributed by atoms with E-state index in [1.807, 2.05) is 25.4 Å². The van der Waals surface area contributed by atoms with Crippen molar-refractivity contribution in [3.8, 4) is 11.8 Å². The second kappa shape index (κ2) is 6.31. The lowest BCUT2D eigenvalue weighted by atomic mass is 10.3. The lowest BCUT2D eigenvalue weighted by Gasteiger charge is -2.14. The molecule has 0 aromatic carbocycles. The number of nitrogens with two attached hydrogens (primary N) is 1. The van der Waals surface area contributed by atoms with E-state index in [1.165, 1.54) is 0 Å². The van der Waals surface area contributed by atoms with Crippen molar-refractivity contribution < 1.29 is 4.79 Å². The van der Waals surface area contributed by atoms with E-state index >= 15 is 0 Å². The second-order valence-electron chi connectivity index (χ2n) is 3.43. The van der Waals surface area contributed by atoms with Gasteiger partial charge in [-0.2, -0.15) is 0 Å². The molecule has 0 bridgehead atoms. The zero-order valence-corrected chi connectivity index (χ0v) is 10.4. The quantitative estimate of drug-likeness (QED) is 0.807. The standard InChI is InChI=1S/C12H16N2OS/c1-3-12(15)14(2)8-10-7-11(16-9-10)5-4-6-13/h7,9H,3,6,8,13H2,1-2H3. The Balaban J connectivity index is 2.61. The molecule has 0 spiro atoms. The number of hydrogen-bond acceptors (Lipinski definition) is 3. The van der Waals surface area contributed by atoms with Gasteiger partial charge < -0.3 is 10.6 Å². The van der Waals surface area contributed by atoms with Crippen LogP contribution in [0.5, 0.6) is 0 Å². The normalized spacial score (nSPS) is 9.44. The SMILES string of the molecule is CCC(=O)N(C)Cc1csc(C#CCN)c1. The van der Waals surface area contributed by atoms with Crippen LogP contribution in [0.3, 0.4) is 0 Å². The summed E-state index contributed by atoms with van der Waals surface area (Å²) >= 11 is 1.58. The fraction of sp³-hybridized carbons (Fsp3) is 0.417. The van der Waals surface area contributed by atoms with Gasteiger partial charge in [0.1, 0.15) is 0 Å². The summed E-state index contributed by atoms with van der Waals surface area (Å²) in [4.78, 5) is 14.1. The minimum Gasteiger partial charge on any atom is -0.341 e. The van der Waals surface area contributed by atoms with Gasteiger partial charge in [-0.15, -0.1) is 11.3 Å². The Morgan fingerprint density at radius 2 is 2.38 bits per heavy atom. The molecule has 1 amide bonds. The molecule has 3 nitrogen and oxygen atoms in total. The first kappa shape index (κ1) is 12.8. The third-order valence-electron chi connectivity index (χ3n) is 2.12. The van der Waals surface area contributed by atoms with Crippen LogP contribution in [0.15, 0.2) is 11.4 Å². The molecule has 0 atom stereocenters. The van der Waals surface area contributed by atoms with E-state index in [0.717, 1.165) is 10.4 Å². The van der Waals surface area contributed by atoms with E-state index in [2.05, 4.69) is 11.8 Å². The number of nitrogens with zero attached hydrogens (tertiary/aromatic N) is 1. The summed E-state index contributed by atoms with van der Waals surface area (Å²) in [6.07, 6.45) is 0.542. The van der Waals surface area contributed by atoms with E-state index in [-0.39, 0.29) is 5.91 Å². The molecule has 0 aliphatic carbocycles. The zero-order chi connectivity index (χ0) is 12.0. The van der Waals surface area contributed by atoms with E-state index < -0.39 is 0 Å². The molecule has 16 heavy (non-hydrogen) atoms. The molecule has 2 N–H and O–H groups in total. The molecular weight excluding hydrogens is 220 g/mol. The molecule has 1 aromatic rings. The van der Waals surface area contributed by atoms with Crippen LogP contribution in [0, 0.1) is 11.8 Å². The van der Waals surface area contributed by atoms with Crippen LogP contribution in [-0.2, 0) is 11.3 Å². The van der Waals surface area contributed by atoms with Crippen LogP contribution in [-0.4, -0.2) is 24.4 Å². The Morgan fingerprint density at radius 1 is 1.62 bits per heavy atom. The minimum atomic E-state index is 0.154. The van der Waals surface area contributed by atoms with Crippen molar-refractivity contribution in [2.75, 3.05) is 13.6 Å². The average Bonchev–Trinajstić information content (AvgIpc) is 2.72. The van der Waals surface area contributed by atoms with Gasteiger partial charge in [0, 0.05) is 20.0 Å². The lowest BCUT2D eigenvalue weighted by Crippen LogP contribution is -2.24. The van der Waals surface area contributed by atoms with E-state index in [1.54, 1.807) is 16.2 Å². The lowest BCUT2D eigenvalue weighted by molar-refractivity contribution is -0.130. The summed E-state index contributed by atoms with van der Waals surface area (Å²) in [6, 6.07) is 2.01. The number of carbonyl (C=O) groups is 1. The van der Waals surface area contributed by atoms with Gasteiger partial charge in [-0.05, 0) is 17.0 Å². The molecule has 0 aliphatic rings. The molecule has 0 radical (unpaired) electrons. The first-order chi connectivity index (χ1) is 7.67. The van der Waals surface area contributed by atoms with Crippen molar-refractivity contribution in [3.63, 3.8) is 0 Å². The van der Waals surface area contributed by atoms with Crippen molar-refractivity contribution in [3.05, 3.63) is 21.9 Å². The molecule has 0 fully saturated rings. The van der Waals surface area contributed by atoms with Gasteiger partial charge in [0.15, 0.2) is 0 Å². The van der Waals surface area contributed by atoms with Crippen LogP contribution >= 0.6 is 11.3 Å². The predicted molar refractivity (Wildman–Crippen MR) is 67.0 cm³/mol. The van der Waals surface area contributed by atoms with Crippen molar-refractivity contribution >= 4 is 17.2 Å². The van der Waals surface area contributed by atoms with Gasteiger partial charge in [-0.25, -0.2) is 0 Å². The highest BCUT2D eigenvalue weighted by Gasteiger charge is 2.07. The van der Waals surface area contributed by atoms with Gasteiger partial charge in [0.25, 0.3) is 0 Å². The smallest absolute Gasteiger partial charge is 0.222 e. The van der Waals surface area contributed by atoms with Gasteiger partial charge in [-0.1, -0.05) is 18.8 Å². The van der Waals surface area contributed by atoms with Gasteiger partial charge in [0.2, 0.25) is 5.91 Å². The minimum absolute atomic E-state index is 0.154. The first-order valence-corrected chi connectivity index (χ1v) is 6.05. The molecular formula is C12H16N2OS. The number of carbonyl (C=O) groups excluding carboxylic acids is 1. The number of thiophene rings is 1. The predicted octanol–water partition coefficient (Wildman–Crippen LogP) is 1.43. The molecule has 4 heteroatoms. The number of rotatable bonds is 3. The first-order valence-electron chi connectivity index (χ1n) is 5.17. The Labute approximate surface area is 100 Å². The zero-order valence-electron chi connectivity index (χ0n) is 9.62. The average molecular weight is 236 g/mol. The summed E-state index contributed by atoms with van der Waals surface area (Å²) in [6.45, 7) is 2.89. The Kier molecular flexibility index (Phi) is 5.03. The van der Waals surface area contributed by atoms with Gasteiger partial charge in [0.05, 0.1) is 11.4 Å². The maximum absolute atomic E-state index is 11.4. The summed E-state index contributed by atoms with van der Waals surface area (Å²) in [5.74, 6) is 5.95. The highest BCUT2D eigenvalue weighted by Crippen LogP contribution is 2.15. The molecule has 0 unspecified atom stereocenters. The summed E-state index contributed by atoms with van der Waals surface area (Å²) < 4.78 is 0. The Bertz CT molecular complexity index is 414. The van der Waals surface area contributed by atoms with Gasteiger partial charge in [-0.3, -0.25) is 4.79 Å². The summed E-state index contributed by atoms with van der Waals surface area (Å²) in [5, 5.41) is 2.03. The van der Waals surface area contributed by atoms with Crippen molar-refractivity contribution in [1.29, 1.82) is 0 Å². The highest BCUT2D eigenvalue weighted by atomic mass is 32.1. The van der Waals surface area contributed by atoms with E-state index in [4.69, 9.17) is 5.73 Å². The van der Waals surface area contributed by atoms with Crippen LogP contribution in [0.25, 0.3) is 0 Å². The molecule has 1 rings (SSSR count). The van der Waals surface area contributed by atoms with E-state index in [0.29, 0.717) is 19.5 Å². The maximum Gasteiger partial charge on any atom is 0.222 e. The molecule has 1 heterocycles. The number of hydrogen-bond donors (Lipinski definition) is 1. The van der Waals surface area contributed by atoms with E-state index in [9.17, 15) is 4.79 Å². The Hall–Kier alpha value is -1.31. The Morgan fingerprint density at radius 3 is 3.00 bits per heavy atom. The van der Waals surface area contributed by atoms with Crippen LogP contribution < -0.4 is 5.73 Å². The maximum atomic E-state index is 11.4. The van der Waals surface area contributed by atoms with Crippen LogP contribution in [0.1, 0.15) is 23.8 Å². The monoisotopic (exact) mass is 236 g/mol. The molecule has 0 aliphatic heterocycles. The summed E-state index contributed by atoms with van der Waals surface area (Å²) in [7, 11) is 1.81. The molecule has 0 saturated carbocycles. The third kappa shape index (κ3) is 3.69. The second-order valence-corrected chi connectivity index (χ2v) is 4.34.